The van der Waals surface area contributed by atoms with Gasteiger partial charge in [0.25, 0.3) is 0 Å². The number of hydrogen-bond acceptors (Lipinski definition) is 1. The lowest BCUT2D eigenvalue weighted by Gasteiger charge is -2.32. The first-order valence-electron chi connectivity index (χ1n) is 19.2. The van der Waals surface area contributed by atoms with Crippen LogP contribution < -0.4 is 4.90 Å². The molecule has 0 amide bonds. The van der Waals surface area contributed by atoms with E-state index in [-0.39, 0.29) is 5.41 Å². The molecular weight excluding hydrogens is 651 g/mol. The van der Waals surface area contributed by atoms with Gasteiger partial charge in [-0.3, -0.25) is 0 Å². The molecule has 0 radical (unpaired) electrons. The molecule has 1 aliphatic carbocycles. The summed E-state index contributed by atoms with van der Waals surface area (Å²) in [5.41, 5.74) is 16.4. The normalized spacial score (nSPS) is 12.9. The Morgan fingerprint density at radius 1 is 0.407 bits per heavy atom. The van der Waals surface area contributed by atoms with Crippen molar-refractivity contribution < 1.29 is 0 Å². The summed E-state index contributed by atoms with van der Waals surface area (Å²) >= 11 is 0. The van der Waals surface area contributed by atoms with Gasteiger partial charge < -0.3 is 4.90 Å². The Morgan fingerprint density at radius 3 is 1.56 bits per heavy atom. The molecule has 0 saturated heterocycles. The van der Waals surface area contributed by atoms with Crippen LogP contribution in [0.2, 0.25) is 0 Å². The van der Waals surface area contributed by atoms with Gasteiger partial charge in [0.2, 0.25) is 0 Å². The first-order valence-corrected chi connectivity index (χ1v) is 19.2. The van der Waals surface area contributed by atoms with E-state index in [0.29, 0.717) is 0 Å². The maximum absolute atomic E-state index is 2.46. The van der Waals surface area contributed by atoms with E-state index >= 15 is 0 Å². The van der Waals surface area contributed by atoms with Crippen molar-refractivity contribution in [3.63, 3.8) is 0 Å². The maximum Gasteiger partial charge on any atom is 0.0465 e. The lowest BCUT2D eigenvalue weighted by molar-refractivity contribution is 0.490. The van der Waals surface area contributed by atoms with Crippen molar-refractivity contribution in [1.29, 1.82) is 0 Å². The zero-order valence-electron chi connectivity index (χ0n) is 30.9. The van der Waals surface area contributed by atoms with Crippen molar-refractivity contribution in [1.82, 2.24) is 0 Å². The Balaban J connectivity index is 1.10. The quantitative estimate of drug-likeness (QED) is 0.136. The second-order valence-corrected chi connectivity index (χ2v) is 14.4. The molecule has 0 spiro atoms. The Kier molecular flexibility index (Phi) is 8.77. The number of para-hydroxylation sites is 2. The SMILES string of the molecule is CCC1(CC)c2cc(/C=C/c3cc4ccccc4cc3-c3ccc(-c4ccccc4)cc3)ccc2-c2ccc(N(c3ccccc3)c3ccccc3)cc21. The summed E-state index contributed by atoms with van der Waals surface area (Å²) in [6, 6.07) is 68.6. The fraction of sp³-hybridized carbons (Fsp3) is 0.0943. The maximum atomic E-state index is 2.46. The van der Waals surface area contributed by atoms with Crippen LogP contribution in [0.15, 0.2) is 188 Å². The third-order valence-corrected chi connectivity index (χ3v) is 11.5. The molecule has 0 atom stereocenters. The molecule has 54 heavy (non-hydrogen) atoms. The van der Waals surface area contributed by atoms with E-state index in [1.165, 1.54) is 72.1 Å². The average molecular weight is 694 g/mol. The minimum absolute atomic E-state index is 0.0712. The van der Waals surface area contributed by atoms with Gasteiger partial charge in [0, 0.05) is 22.5 Å². The highest BCUT2D eigenvalue weighted by molar-refractivity contribution is 5.94. The van der Waals surface area contributed by atoms with Gasteiger partial charge in [-0.05, 0) is 128 Å². The molecule has 0 bridgehead atoms. The highest BCUT2D eigenvalue weighted by Gasteiger charge is 2.41. The molecule has 8 aromatic rings. The van der Waals surface area contributed by atoms with E-state index in [1.807, 2.05) is 0 Å². The van der Waals surface area contributed by atoms with Crippen LogP contribution in [0.4, 0.5) is 17.1 Å². The van der Waals surface area contributed by atoms with Gasteiger partial charge in [0.05, 0.1) is 0 Å². The van der Waals surface area contributed by atoms with E-state index in [0.717, 1.165) is 24.2 Å². The molecule has 260 valence electrons. The first-order chi connectivity index (χ1) is 26.6. The van der Waals surface area contributed by atoms with Crippen molar-refractivity contribution in [2.24, 2.45) is 0 Å². The van der Waals surface area contributed by atoms with Gasteiger partial charge in [0.15, 0.2) is 0 Å². The molecule has 1 nitrogen and oxygen atoms in total. The molecule has 0 N–H and O–H groups in total. The molecule has 0 unspecified atom stereocenters. The number of rotatable bonds is 9. The zero-order valence-corrected chi connectivity index (χ0v) is 30.9. The number of anilines is 3. The van der Waals surface area contributed by atoms with Crippen molar-refractivity contribution in [3.8, 4) is 33.4 Å². The van der Waals surface area contributed by atoms with Gasteiger partial charge in [-0.1, -0.05) is 166 Å². The van der Waals surface area contributed by atoms with Crippen LogP contribution in [-0.4, -0.2) is 0 Å². The van der Waals surface area contributed by atoms with E-state index in [2.05, 4.69) is 219 Å². The summed E-state index contributed by atoms with van der Waals surface area (Å²) in [6.07, 6.45) is 6.68. The lowest BCUT2D eigenvalue weighted by Crippen LogP contribution is -2.23. The standard InChI is InChI=1S/C53H43N/c1-3-53(4-2)51-34-38(25-32-48(51)49-33-31-47(37-52(49)53)54(45-20-10-6-11-21-45)46-22-12-7-13-23-46)24-26-44-35-42-18-14-15-19-43(42)36-50(44)41-29-27-40(28-30-41)39-16-8-5-9-17-39/h5-37H,3-4H2,1-2H3/b26-24+. The third-order valence-electron chi connectivity index (χ3n) is 11.5. The highest BCUT2D eigenvalue weighted by Crippen LogP contribution is 2.54. The topological polar surface area (TPSA) is 3.24 Å². The monoisotopic (exact) mass is 693 g/mol. The molecule has 0 saturated carbocycles. The summed E-state index contributed by atoms with van der Waals surface area (Å²) in [4.78, 5) is 2.38. The average Bonchev–Trinajstić information content (AvgIpc) is 3.52. The highest BCUT2D eigenvalue weighted by atomic mass is 15.1. The van der Waals surface area contributed by atoms with Crippen LogP contribution in [0.3, 0.4) is 0 Å². The van der Waals surface area contributed by atoms with E-state index < -0.39 is 0 Å². The van der Waals surface area contributed by atoms with Crippen molar-refractivity contribution in [3.05, 3.63) is 210 Å². The fourth-order valence-electron chi connectivity index (χ4n) is 8.66. The molecule has 0 aromatic heterocycles. The summed E-state index contributed by atoms with van der Waals surface area (Å²) < 4.78 is 0. The molecule has 9 rings (SSSR count). The largest absolute Gasteiger partial charge is 0.310 e. The second kappa shape index (κ2) is 14.2. The molecule has 0 aliphatic heterocycles. The zero-order chi connectivity index (χ0) is 36.5. The second-order valence-electron chi connectivity index (χ2n) is 14.4. The van der Waals surface area contributed by atoms with Crippen molar-refractivity contribution in [2.75, 3.05) is 4.90 Å². The Morgan fingerprint density at radius 2 is 0.926 bits per heavy atom. The summed E-state index contributed by atoms with van der Waals surface area (Å²) in [7, 11) is 0. The van der Waals surface area contributed by atoms with Crippen LogP contribution in [0, 0.1) is 0 Å². The van der Waals surface area contributed by atoms with Gasteiger partial charge in [-0.15, -0.1) is 0 Å². The van der Waals surface area contributed by atoms with Gasteiger partial charge >= 0.3 is 0 Å². The lowest BCUT2D eigenvalue weighted by atomic mass is 9.73. The van der Waals surface area contributed by atoms with Gasteiger partial charge in [0.1, 0.15) is 0 Å². The summed E-state index contributed by atoms with van der Waals surface area (Å²) in [5.74, 6) is 0. The minimum Gasteiger partial charge on any atom is -0.310 e. The molecule has 0 fully saturated rings. The predicted molar refractivity (Wildman–Crippen MR) is 232 cm³/mol. The van der Waals surface area contributed by atoms with E-state index in [9.17, 15) is 0 Å². The van der Waals surface area contributed by atoms with Crippen LogP contribution in [-0.2, 0) is 5.41 Å². The third kappa shape index (κ3) is 5.93. The fourth-order valence-corrected chi connectivity index (χ4v) is 8.66. The number of benzene rings is 8. The molecule has 1 heteroatoms. The summed E-state index contributed by atoms with van der Waals surface area (Å²) in [6.45, 7) is 4.71. The van der Waals surface area contributed by atoms with Crippen LogP contribution >= 0.6 is 0 Å². The number of nitrogens with zero attached hydrogens (tertiary/aromatic N) is 1. The summed E-state index contributed by atoms with van der Waals surface area (Å²) in [5, 5.41) is 2.50. The van der Waals surface area contributed by atoms with Crippen molar-refractivity contribution in [2.45, 2.75) is 32.1 Å². The molecule has 8 aromatic carbocycles. The first kappa shape index (κ1) is 33.4. The Labute approximate surface area is 319 Å². The Hall–Kier alpha value is -6.44. The van der Waals surface area contributed by atoms with Gasteiger partial charge in [-0.2, -0.15) is 0 Å². The smallest absolute Gasteiger partial charge is 0.0465 e. The van der Waals surface area contributed by atoms with Crippen molar-refractivity contribution >= 4 is 40.0 Å². The van der Waals surface area contributed by atoms with Crippen LogP contribution in [0.25, 0.3) is 56.3 Å². The van der Waals surface area contributed by atoms with E-state index in [1.54, 1.807) is 0 Å². The van der Waals surface area contributed by atoms with Gasteiger partial charge in [-0.25, -0.2) is 0 Å². The molecule has 1 aliphatic rings. The Bertz CT molecular complexity index is 2560. The van der Waals surface area contributed by atoms with Crippen LogP contribution in [0.5, 0.6) is 0 Å². The van der Waals surface area contributed by atoms with Crippen LogP contribution in [0.1, 0.15) is 48.9 Å². The predicted octanol–water partition coefficient (Wildman–Crippen LogP) is 14.9. The number of fused-ring (bicyclic) bond motifs is 4. The molecule has 0 heterocycles. The minimum atomic E-state index is -0.0712. The molecular formula is C53H43N. The van der Waals surface area contributed by atoms with E-state index in [4.69, 9.17) is 0 Å². The number of hydrogen-bond donors (Lipinski definition) is 0.